The minimum atomic E-state index is 0.0405. The Labute approximate surface area is 164 Å². The lowest BCUT2D eigenvalue weighted by Crippen LogP contribution is -2.27. The number of carbonyl (C=O) groups is 1. The van der Waals surface area contributed by atoms with Gasteiger partial charge in [-0.3, -0.25) is 9.78 Å². The van der Waals surface area contributed by atoms with E-state index in [1.807, 2.05) is 49.6 Å². The summed E-state index contributed by atoms with van der Waals surface area (Å²) in [6, 6.07) is 16.2. The third-order valence-electron chi connectivity index (χ3n) is 5.25. The van der Waals surface area contributed by atoms with Gasteiger partial charge in [0.25, 0.3) is 0 Å². The van der Waals surface area contributed by atoms with E-state index < -0.39 is 0 Å². The number of amides is 1. The quantitative estimate of drug-likeness (QED) is 0.521. The molecule has 2 aromatic heterocycles. The summed E-state index contributed by atoms with van der Waals surface area (Å²) in [4.78, 5) is 21.5. The highest BCUT2D eigenvalue weighted by molar-refractivity contribution is 5.86. The fourth-order valence-electron chi connectivity index (χ4n) is 3.72. The summed E-state index contributed by atoms with van der Waals surface area (Å²) in [6.45, 7) is 5.52. The normalized spacial score (nSPS) is 11.2. The molecule has 4 rings (SSSR count). The minimum absolute atomic E-state index is 0.0405. The number of hydrogen-bond donors (Lipinski definition) is 1. The van der Waals surface area contributed by atoms with Crippen molar-refractivity contribution in [2.45, 2.75) is 33.2 Å². The van der Waals surface area contributed by atoms with E-state index in [1.54, 1.807) is 0 Å². The van der Waals surface area contributed by atoms with Crippen LogP contribution in [0.4, 0.5) is 0 Å². The number of aryl methyl sites for hydroxylation is 3. The minimum Gasteiger partial charge on any atom is -0.356 e. The van der Waals surface area contributed by atoms with Crippen LogP contribution in [0.3, 0.4) is 0 Å². The number of aromatic nitrogens is 3. The molecule has 1 amide bonds. The number of nitrogens with zero attached hydrogens (tertiary/aromatic N) is 3. The fraction of sp³-hybridized carbons (Fsp3) is 0.261. The summed E-state index contributed by atoms with van der Waals surface area (Å²) >= 11 is 0. The lowest BCUT2D eigenvalue weighted by atomic mass is 9.99. The van der Waals surface area contributed by atoms with E-state index in [-0.39, 0.29) is 5.91 Å². The maximum absolute atomic E-state index is 12.5. The average molecular weight is 372 g/mol. The van der Waals surface area contributed by atoms with Crippen molar-refractivity contribution in [3.8, 4) is 0 Å². The van der Waals surface area contributed by atoms with Gasteiger partial charge in [-0.15, -0.1) is 0 Å². The molecule has 5 nitrogen and oxygen atoms in total. The second-order valence-electron chi connectivity index (χ2n) is 7.12. The van der Waals surface area contributed by atoms with Gasteiger partial charge in [-0.2, -0.15) is 0 Å². The van der Waals surface area contributed by atoms with Gasteiger partial charge in [-0.1, -0.05) is 30.3 Å². The lowest BCUT2D eigenvalue weighted by molar-refractivity contribution is -0.120. The van der Waals surface area contributed by atoms with Crippen LogP contribution in [0.25, 0.3) is 21.9 Å². The molecular formula is C23H24N4O. The molecule has 0 aliphatic carbocycles. The van der Waals surface area contributed by atoms with Crippen molar-refractivity contribution in [2.75, 3.05) is 6.54 Å². The van der Waals surface area contributed by atoms with Crippen molar-refractivity contribution >= 4 is 27.8 Å². The van der Waals surface area contributed by atoms with Crippen LogP contribution in [-0.2, 0) is 17.8 Å². The van der Waals surface area contributed by atoms with E-state index in [9.17, 15) is 4.79 Å². The Morgan fingerprint density at radius 3 is 2.64 bits per heavy atom. The second kappa shape index (κ2) is 7.80. The Kier molecular flexibility index (Phi) is 5.06. The molecule has 0 aliphatic rings. The molecule has 0 atom stereocenters. The monoisotopic (exact) mass is 372 g/mol. The maximum atomic E-state index is 12.5. The number of imidazole rings is 1. The molecule has 0 saturated heterocycles. The van der Waals surface area contributed by atoms with Crippen molar-refractivity contribution in [1.29, 1.82) is 0 Å². The number of carbonyl (C=O) groups excluding carboxylic acids is 1. The maximum Gasteiger partial charge on any atom is 0.224 e. The Morgan fingerprint density at radius 2 is 1.79 bits per heavy atom. The predicted octanol–water partition coefficient (Wildman–Crippen LogP) is 3.95. The number of benzene rings is 2. The molecule has 2 heterocycles. The van der Waals surface area contributed by atoms with Crippen molar-refractivity contribution in [3.05, 3.63) is 71.7 Å². The number of rotatable bonds is 6. The Morgan fingerprint density at radius 1 is 1.04 bits per heavy atom. The van der Waals surface area contributed by atoms with Gasteiger partial charge < -0.3 is 9.88 Å². The SMILES string of the molecule is Cc1nc2ccccc2c(C)c1CC(=O)NCCCn1cnc2ccccc21. The van der Waals surface area contributed by atoms with Crippen molar-refractivity contribution in [3.63, 3.8) is 0 Å². The largest absolute Gasteiger partial charge is 0.356 e. The first-order valence-corrected chi connectivity index (χ1v) is 9.65. The molecule has 0 fully saturated rings. The topological polar surface area (TPSA) is 59.8 Å². The highest BCUT2D eigenvalue weighted by atomic mass is 16.1. The van der Waals surface area contributed by atoms with Gasteiger partial charge in [0.2, 0.25) is 5.91 Å². The van der Waals surface area contributed by atoms with Crippen LogP contribution in [-0.4, -0.2) is 27.0 Å². The predicted molar refractivity (Wildman–Crippen MR) is 112 cm³/mol. The van der Waals surface area contributed by atoms with E-state index in [4.69, 9.17) is 0 Å². The molecule has 0 saturated carbocycles. The van der Waals surface area contributed by atoms with Crippen LogP contribution in [0, 0.1) is 13.8 Å². The van der Waals surface area contributed by atoms with Crippen molar-refractivity contribution < 1.29 is 4.79 Å². The van der Waals surface area contributed by atoms with Crippen LogP contribution >= 0.6 is 0 Å². The average Bonchev–Trinajstić information content (AvgIpc) is 3.12. The third kappa shape index (κ3) is 3.60. The Balaban J connectivity index is 1.35. The molecule has 0 bridgehead atoms. The zero-order valence-corrected chi connectivity index (χ0v) is 16.3. The first kappa shape index (κ1) is 18.2. The molecule has 2 aromatic carbocycles. The molecule has 0 radical (unpaired) electrons. The number of para-hydroxylation sites is 3. The molecule has 1 N–H and O–H groups in total. The van der Waals surface area contributed by atoms with E-state index in [0.717, 1.165) is 51.7 Å². The molecule has 0 aliphatic heterocycles. The fourth-order valence-corrected chi connectivity index (χ4v) is 3.72. The van der Waals surface area contributed by atoms with Crippen LogP contribution in [0.1, 0.15) is 23.2 Å². The van der Waals surface area contributed by atoms with E-state index in [0.29, 0.717) is 13.0 Å². The Bertz CT molecular complexity index is 1150. The number of nitrogens with one attached hydrogen (secondary N) is 1. The third-order valence-corrected chi connectivity index (χ3v) is 5.25. The zero-order chi connectivity index (χ0) is 19.5. The molecule has 5 heteroatoms. The molecule has 142 valence electrons. The molecular weight excluding hydrogens is 348 g/mol. The standard InChI is InChI=1S/C23H24N4O/c1-16-18-8-3-4-9-20(18)26-17(2)19(16)14-23(28)24-12-7-13-27-15-25-21-10-5-6-11-22(21)27/h3-6,8-11,15H,7,12-14H2,1-2H3,(H,24,28). The number of hydrogen-bond acceptors (Lipinski definition) is 3. The Hall–Kier alpha value is -3.21. The van der Waals surface area contributed by atoms with Crippen LogP contribution in [0.5, 0.6) is 0 Å². The summed E-state index contributed by atoms with van der Waals surface area (Å²) in [5.74, 6) is 0.0405. The second-order valence-corrected chi connectivity index (χ2v) is 7.12. The summed E-state index contributed by atoms with van der Waals surface area (Å²) in [5, 5.41) is 4.16. The summed E-state index contributed by atoms with van der Waals surface area (Å²) in [7, 11) is 0. The first-order valence-electron chi connectivity index (χ1n) is 9.65. The van der Waals surface area contributed by atoms with Gasteiger partial charge in [0.15, 0.2) is 0 Å². The number of pyridine rings is 1. The summed E-state index contributed by atoms with van der Waals surface area (Å²) < 4.78 is 2.13. The molecule has 0 unspecified atom stereocenters. The summed E-state index contributed by atoms with van der Waals surface area (Å²) in [5.41, 5.74) is 6.20. The van der Waals surface area contributed by atoms with Gasteiger partial charge in [-0.05, 0) is 49.6 Å². The van der Waals surface area contributed by atoms with E-state index in [1.165, 1.54) is 0 Å². The number of fused-ring (bicyclic) bond motifs is 2. The van der Waals surface area contributed by atoms with Crippen LogP contribution in [0.2, 0.25) is 0 Å². The molecule has 0 spiro atoms. The van der Waals surface area contributed by atoms with E-state index in [2.05, 4.69) is 38.9 Å². The first-order chi connectivity index (χ1) is 13.6. The lowest BCUT2D eigenvalue weighted by Gasteiger charge is -2.13. The van der Waals surface area contributed by atoms with E-state index >= 15 is 0 Å². The van der Waals surface area contributed by atoms with Gasteiger partial charge in [0.05, 0.1) is 29.3 Å². The smallest absolute Gasteiger partial charge is 0.224 e. The zero-order valence-electron chi connectivity index (χ0n) is 16.3. The highest BCUT2D eigenvalue weighted by Crippen LogP contribution is 2.22. The van der Waals surface area contributed by atoms with Crippen molar-refractivity contribution in [1.82, 2.24) is 19.9 Å². The van der Waals surface area contributed by atoms with Gasteiger partial charge >= 0.3 is 0 Å². The van der Waals surface area contributed by atoms with Crippen LogP contribution in [0.15, 0.2) is 54.9 Å². The molecule has 28 heavy (non-hydrogen) atoms. The highest BCUT2D eigenvalue weighted by Gasteiger charge is 2.12. The van der Waals surface area contributed by atoms with Gasteiger partial charge in [-0.25, -0.2) is 4.98 Å². The summed E-state index contributed by atoms with van der Waals surface area (Å²) in [6.07, 6.45) is 3.09. The molecule has 4 aromatic rings. The van der Waals surface area contributed by atoms with Gasteiger partial charge in [0, 0.05) is 24.2 Å². The van der Waals surface area contributed by atoms with Gasteiger partial charge in [0.1, 0.15) is 0 Å². The van der Waals surface area contributed by atoms with Crippen LogP contribution < -0.4 is 5.32 Å². The van der Waals surface area contributed by atoms with Crippen molar-refractivity contribution in [2.24, 2.45) is 0 Å².